The van der Waals surface area contributed by atoms with Crippen LogP contribution in [0, 0.1) is 5.92 Å². The van der Waals surface area contributed by atoms with Gasteiger partial charge >= 0.3 is 5.97 Å². The lowest BCUT2D eigenvalue weighted by atomic mass is 9.87. The van der Waals surface area contributed by atoms with E-state index in [-0.39, 0.29) is 11.5 Å². The summed E-state index contributed by atoms with van der Waals surface area (Å²) in [6, 6.07) is 19.9. The van der Waals surface area contributed by atoms with Crippen molar-refractivity contribution in [3.05, 3.63) is 83.9 Å². The van der Waals surface area contributed by atoms with Crippen molar-refractivity contribution in [1.29, 1.82) is 0 Å². The van der Waals surface area contributed by atoms with Crippen molar-refractivity contribution in [2.45, 2.75) is 12.8 Å². The quantitative estimate of drug-likeness (QED) is 0.809. The second-order valence-corrected chi connectivity index (χ2v) is 4.91. The van der Waals surface area contributed by atoms with Crippen molar-refractivity contribution in [2.24, 2.45) is 5.92 Å². The molecule has 0 unspecified atom stereocenters. The Labute approximate surface area is 119 Å². The normalized spacial score (nSPS) is 10.4. The van der Waals surface area contributed by atoms with Gasteiger partial charge in [-0.15, -0.1) is 0 Å². The molecular weight excluding hydrogens is 248 g/mol. The van der Waals surface area contributed by atoms with Crippen molar-refractivity contribution in [1.82, 2.24) is 0 Å². The molecule has 2 heteroatoms. The van der Waals surface area contributed by atoms with E-state index in [0.717, 1.165) is 11.1 Å². The standard InChI is InChI=1S/C18H18O2/c1-14(18(19)20)17(12-15-8-4-2-5-9-15)13-16-10-6-3-7-11-16/h2-11,17H,1,12-13H2,(H,19,20). The number of rotatable bonds is 6. The highest BCUT2D eigenvalue weighted by Crippen LogP contribution is 2.21. The predicted octanol–water partition coefficient (Wildman–Crippen LogP) is 3.73. The van der Waals surface area contributed by atoms with Gasteiger partial charge in [0.25, 0.3) is 0 Å². The van der Waals surface area contributed by atoms with Gasteiger partial charge in [0.05, 0.1) is 0 Å². The van der Waals surface area contributed by atoms with E-state index in [1.807, 2.05) is 60.7 Å². The molecule has 0 fully saturated rings. The second kappa shape index (κ2) is 6.71. The summed E-state index contributed by atoms with van der Waals surface area (Å²) in [5, 5.41) is 9.21. The van der Waals surface area contributed by atoms with Crippen LogP contribution >= 0.6 is 0 Å². The van der Waals surface area contributed by atoms with E-state index in [1.165, 1.54) is 0 Å². The second-order valence-electron chi connectivity index (χ2n) is 4.91. The first-order chi connectivity index (χ1) is 9.66. The Kier molecular flexibility index (Phi) is 4.72. The van der Waals surface area contributed by atoms with Gasteiger partial charge in [-0.2, -0.15) is 0 Å². The van der Waals surface area contributed by atoms with Crippen LogP contribution in [0.3, 0.4) is 0 Å². The van der Waals surface area contributed by atoms with Crippen LogP contribution in [0.15, 0.2) is 72.8 Å². The van der Waals surface area contributed by atoms with Gasteiger partial charge in [0.15, 0.2) is 0 Å². The molecule has 0 spiro atoms. The molecule has 20 heavy (non-hydrogen) atoms. The Morgan fingerprint density at radius 3 is 1.65 bits per heavy atom. The van der Waals surface area contributed by atoms with Crippen molar-refractivity contribution in [3.8, 4) is 0 Å². The van der Waals surface area contributed by atoms with Gasteiger partial charge < -0.3 is 5.11 Å². The maximum Gasteiger partial charge on any atom is 0.331 e. The van der Waals surface area contributed by atoms with E-state index >= 15 is 0 Å². The smallest absolute Gasteiger partial charge is 0.331 e. The molecule has 0 saturated heterocycles. The summed E-state index contributed by atoms with van der Waals surface area (Å²) in [6.45, 7) is 3.75. The van der Waals surface area contributed by atoms with Crippen LogP contribution in [0.25, 0.3) is 0 Å². The van der Waals surface area contributed by atoms with Gasteiger partial charge in [0, 0.05) is 5.57 Å². The molecule has 0 aliphatic heterocycles. The van der Waals surface area contributed by atoms with E-state index < -0.39 is 5.97 Å². The van der Waals surface area contributed by atoms with Gasteiger partial charge in [-0.25, -0.2) is 4.79 Å². The van der Waals surface area contributed by atoms with Gasteiger partial charge in [-0.1, -0.05) is 67.2 Å². The molecule has 0 saturated carbocycles. The van der Waals surface area contributed by atoms with Crippen molar-refractivity contribution in [2.75, 3.05) is 0 Å². The number of benzene rings is 2. The van der Waals surface area contributed by atoms with Crippen LogP contribution in [-0.4, -0.2) is 11.1 Å². The van der Waals surface area contributed by atoms with Gasteiger partial charge in [-0.3, -0.25) is 0 Å². The van der Waals surface area contributed by atoms with Crippen LogP contribution in [0.4, 0.5) is 0 Å². The van der Waals surface area contributed by atoms with E-state index in [9.17, 15) is 9.90 Å². The molecule has 0 heterocycles. The Balaban J connectivity index is 2.17. The Morgan fingerprint density at radius 1 is 0.900 bits per heavy atom. The number of aliphatic carboxylic acids is 1. The molecule has 0 bridgehead atoms. The van der Waals surface area contributed by atoms with E-state index in [1.54, 1.807) is 0 Å². The molecule has 0 aliphatic carbocycles. The van der Waals surface area contributed by atoms with Crippen LogP contribution in [0.1, 0.15) is 11.1 Å². The first kappa shape index (κ1) is 14.1. The SMILES string of the molecule is C=C(C(=O)O)C(Cc1ccccc1)Cc1ccccc1. The van der Waals surface area contributed by atoms with Crippen LogP contribution in [-0.2, 0) is 17.6 Å². The Bertz CT molecular complexity index is 531. The molecule has 1 N–H and O–H groups in total. The predicted molar refractivity (Wildman–Crippen MR) is 80.6 cm³/mol. The molecule has 0 radical (unpaired) electrons. The maximum atomic E-state index is 11.2. The highest BCUT2D eigenvalue weighted by molar-refractivity contribution is 5.86. The zero-order chi connectivity index (χ0) is 14.4. The first-order valence-electron chi connectivity index (χ1n) is 6.66. The van der Waals surface area contributed by atoms with Crippen molar-refractivity contribution >= 4 is 5.97 Å². The molecule has 2 rings (SSSR count). The molecular formula is C18H18O2. The number of hydrogen-bond acceptors (Lipinski definition) is 1. The van der Waals surface area contributed by atoms with Crippen molar-refractivity contribution < 1.29 is 9.90 Å². The lowest BCUT2D eigenvalue weighted by Gasteiger charge is -2.17. The molecule has 2 aromatic rings. The summed E-state index contributed by atoms with van der Waals surface area (Å²) in [4.78, 5) is 11.2. The molecule has 102 valence electrons. The number of carboxylic acids is 1. The third-order valence-corrected chi connectivity index (χ3v) is 3.42. The summed E-state index contributed by atoms with van der Waals surface area (Å²) in [5.74, 6) is -1.00. The monoisotopic (exact) mass is 266 g/mol. The van der Waals surface area contributed by atoms with Crippen LogP contribution in [0.5, 0.6) is 0 Å². The fourth-order valence-corrected chi connectivity index (χ4v) is 2.29. The Morgan fingerprint density at radius 2 is 1.30 bits per heavy atom. The fraction of sp³-hybridized carbons (Fsp3) is 0.167. The summed E-state index contributed by atoms with van der Waals surface area (Å²) < 4.78 is 0. The topological polar surface area (TPSA) is 37.3 Å². The molecule has 0 aromatic heterocycles. The summed E-state index contributed by atoms with van der Waals surface area (Å²) >= 11 is 0. The Hall–Kier alpha value is -2.35. The number of carbonyl (C=O) groups is 1. The summed E-state index contributed by atoms with van der Waals surface area (Å²) in [5.41, 5.74) is 2.55. The molecule has 0 atom stereocenters. The maximum absolute atomic E-state index is 11.2. The largest absolute Gasteiger partial charge is 0.478 e. The zero-order valence-electron chi connectivity index (χ0n) is 11.3. The van der Waals surface area contributed by atoms with Gasteiger partial charge in [0.2, 0.25) is 0 Å². The van der Waals surface area contributed by atoms with Crippen LogP contribution < -0.4 is 0 Å². The molecule has 0 aliphatic rings. The average molecular weight is 266 g/mol. The zero-order valence-corrected chi connectivity index (χ0v) is 11.3. The highest BCUT2D eigenvalue weighted by Gasteiger charge is 2.19. The lowest BCUT2D eigenvalue weighted by Crippen LogP contribution is -2.17. The average Bonchev–Trinajstić information content (AvgIpc) is 2.48. The number of hydrogen-bond donors (Lipinski definition) is 1. The third kappa shape index (κ3) is 3.82. The molecule has 2 aromatic carbocycles. The molecule has 2 nitrogen and oxygen atoms in total. The van der Waals surface area contributed by atoms with Gasteiger partial charge in [-0.05, 0) is 29.9 Å². The van der Waals surface area contributed by atoms with Crippen LogP contribution in [0.2, 0.25) is 0 Å². The third-order valence-electron chi connectivity index (χ3n) is 3.42. The van der Waals surface area contributed by atoms with E-state index in [2.05, 4.69) is 6.58 Å². The summed E-state index contributed by atoms with van der Waals surface area (Å²) in [6.07, 6.45) is 1.39. The summed E-state index contributed by atoms with van der Waals surface area (Å²) in [7, 11) is 0. The minimum atomic E-state index is -0.915. The lowest BCUT2D eigenvalue weighted by molar-refractivity contribution is -0.133. The van der Waals surface area contributed by atoms with E-state index in [0.29, 0.717) is 12.8 Å². The first-order valence-corrected chi connectivity index (χ1v) is 6.66. The van der Waals surface area contributed by atoms with Crippen molar-refractivity contribution in [3.63, 3.8) is 0 Å². The van der Waals surface area contributed by atoms with E-state index in [4.69, 9.17) is 0 Å². The molecule has 0 amide bonds. The highest BCUT2D eigenvalue weighted by atomic mass is 16.4. The van der Waals surface area contributed by atoms with Gasteiger partial charge in [0.1, 0.15) is 0 Å². The minimum absolute atomic E-state index is 0.0858. The number of carboxylic acid groups (broad SMARTS) is 1. The fourth-order valence-electron chi connectivity index (χ4n) is 2.29. The minimum Gasteiger partial charge on any atom is -0.478 e.